The van der Waals surface area contributed by atoms with E-state index in [-0.39, 0.29) is 23.6 Å². The van der Waals surface area contributed by atoms with E-state index in [0.29, 0.717) is 11.3 Å². The molecule has 0 aliphatic rings. The molecule has 0 spiro atoms. The molecule has 1 aromatic rings. The van der Waals surface area contributed by atoms with Crippen LogP contribution in [0.3, 0.4) is 0 Å². The van der Waals surface area contributed by atoms with Crippen molar-refractivity contribution in [3.8, 4) is 5.75 Å². The molecule has 1 unspecified atom stereocenters. The molecule has 0 bridgehead atoms. The monoisotopic (exact) mass is 267 g/mol. The van der Waals surface area contributed by atoms with Gasteiger partial charge in [-0.3, -0.25) is 4.79 Å². The molecule has 0 radical (unpaired) electrons. The van der Waals surface area contributed by atoms with Crippen molar-refractivity contribution in [3.63, 3.8) is 0 Å². The number of aliphatic hydroxyl groups excluding tert-OH is 1. The summed E-state index contributed by atoms with van der Waals surface area (Å²) in [5, 5.41) is 9.88. The number of ketones is 1. The van der Waals surface area contributed by atoms with E-state index in [1.54, 1.807) is 13.0 Å². The normalized spacial score (nSPS) is 11.8. The molecule has 0 saturated carbocycles. The van der Waals surface area contributed by atoms with Gasteiger partial charge in [-0.25, -0.2) is 9.78 Å². The van der Waals surface area contributed by atoms with Crippen LogP contribution in [0.2, 0.25) is 0 Å². The number of carbonyl (C=O) groups excluding carboxylic acids is 2. The Hall–Kier alpha value is -1.95. The molecule has 6 heteroatoms. The Morgan fingerprint density at radius 1 is 1.42 bits per heavy atom. The van der Waals surface area contributed by atoms with Crippen LogP contribution in [0.5, 0.6) is 5.75 Å². The summed E-state index contributed by atoms with van der Waals surface area (Å²) in [7, 11) is 2.65. The Morgan fingerprint density at radius 2 is 2.05 bits per heavy atom. The molecule has 6 nitrogen and oxygen atoms in total. The zero-order valence-electron chi connectivity index (χ0n) is 11.4. The summed E-state index contributed by atoms with van der Waals surface area (Å²) in [5.74, 6) is -0.523. The fourth-order valence-electron chi connectivity index (χ4n) is 1.73. The van der Waals surface area contributed by atoms with E-state index in [2.05, 4.69) is 9.72 Å². The molecule has 1 atom stereocenters. The number of Topliss-reactive ketones (excluding diaryl/α,β-unsaturated/α-hetero) is 1. The fraction of sp³-hybridized carbons (Fsp3) is 0.462. The number of hydrogen-bond donors (Lipinski definition) is 1. The third kappa shape index (κ3) is 3.51. The van der Waals surface area contributed by atoms with Crippen molar-refractivity contribution < 1.29 is 24.2 Å². The summed E-state index contributed by atoms with van der Waals surface area (Å²) in [6, 6.07) is 1.58. The minimum absolute atomic E-state index is 0.0115. The molecule has 1 rings (SSSR count). The number of hydrogen-bond acceptors (Lipinski definition) is 6. The van der Waals surface area contributed by atoms with Gasteiger partial charge in [0.2, 0.25) is 0 Å². The Labute approximate surface area is 111 Å². The van der Waals surface area contributed by atoms with E-state index in [9.17, 15) is 14.7 Å². The second-order valence-corrected chi connectivity index (χ2v) is 4.16. The molecular formula is C13H17NO5. The molecular weight excluding hydrogens is 250 g/mol. The zero-order valence-corrected chi connectivity index (χ0v) is 11.4. The summed E-state index contributed by atoms with van der Waals surface area (Å²) >= 11 is 0. The highest BCUT2D eigenvalue weighted by atomic mass is 16.5. The summed E-state index contributed by atoms with van der Waals surface area (Å²) in [5.41, 5.74) is 0.868. The molecule has 0 amide bonds. The second-order valence-electron chi connectivity index (χ2n) is 4.16. The van der Waals surface area contributed by atoms with Gasteiger partial charge in [0, 0.05) is 6.42 Å². The summed E-state index contributed by atoms with van der Waals surface area (Å²) < 4.78 is 9.72. The lowest BCUT2D eigenvalue weighted by molar-refractivity contribution is -0.118. The number of aliphatic hydroxyl groups is 1. The molecule has 0 aliphatic heterocycles. The lowest BCUT2D eigenvalue weighted by Crippen LogP contribution is -2.13. The van der Waals surface area contributed by atoms with E-state index in [0.717, 1.165) is 0 Å². The molecule has 0 aliphatic carbocycles. The average molecular weight is 267 g/mol. The van der Waals surface area contributed by atoms with E-state index in [1.165, 1.54) is 21.1 Å². The van der Waals surface area contributed by atoms with Crippen molar-refractivity contribution >= 4 is 11.8 Å². The molecule has 1 N–H and O–H groups in total. The van der Waals surface area contributed by atoms with Crippen LogP contribution in [0.25, 0.3) is 0 Å². The van der Waals surface area contributed by atoms with Gasteiger partial charge in [0.15, 0.2) is 11.4 Å². The van der Waals surface area contributed by atoms with Crippen LogP contribution in [0, 0.1) is 6.92 Å². The molecule has 0 aromatic carbocycles. The number of pyridine rings is 1. The molecule has 0 saturated heterocycles. The number of rotatable bonds is 5. The fourth-order valence-corrected chi connectivity index (χ4v) is 1.73. The maximum Gasteiger partial charge on any atom is 0.360 e. The second kappa shape index (κ2) is 6.29. The largest absolute Gasteiger partial charge is 0.494 e. The minimum atomic E-state index is -1.05. The summed E-state index contributed by atoms with van der Waals surface area (Å²) in [6.45, 7) is 3.09. The maximum absolute atomic E-state index is 11.6. The van der Waals surface area contributed by atoms with E-state index in [1.807, 2.05) is 0 Å². The van der Waals surface area contributed by atoms with Crippen molar-refractivity contribution in [3.05, 3.63) is 23.0 Å². The Kier molecular flexibility index (Phi) is 5.00. The number of nitrogens with zero attached hydrogens (tertiary/aromatic N) is 1. The van der Waals surface area contributed by atoms with Crippen LogP contribution in [-0.4, -0.2) is 36.1 Å². The molecule has 19 heavy (non-hydrogen) atoms. The van der Waals surface area contributed by atoms with Crippen LogP contribution < -0.4 is 4.74 Å². The first-order valence-corrected chi connectivity index (χ1v) is 5.72. The zero-order chi connectivity index (χ0) is 14.6. The average Bonchev–Trinajstić information content (AvgIpc) is 2.35. The molecule has 0 fully saturated rings. The topological polar surface area (TPSA) is 85.7 Å². The number of esters is 1. The molecule has 104 valence electrons. The number of aryl methyl sites for hydroxylation is 1. The highest BCUT2D eigenvalue weighted by Crippen LogP contribution is 2.26. The lowest BCUT2D eigenvalue weighted by atomic mass is 10.1. The van der Waals surface area contributed by atoms with Gasteiger partial charge in [-0.15, -0.1) is 0 Å². The SMILES string of the molecule is COC(=O)c1nc(C(O)CC(C)=O)cc(C)c1OC. The predicted octanol–water partition coefficient (Wildman–Crippen LogP) is 1.20. The number of aromatic nitrogens is 1. The quantitative estimate of drug-likeness (QED) is 0.807. The van der Waals surface area contributed by atoms with Gasteiger partial charge < -0.3 is 14.6 Å². The van der Waals surface area contributed by atoms with Crippen LogP contribution >= 0.6 is 0 Å². The van der Waals surface area contributed by atoms with Crippen molar-refractivity contribution in [1.29, 1.82) is 0 Å². The highest BCUT2D eigenvalue weighted by Gasteiger charge is 2.21. The Balaban J connectivity index is 3.26. The van der Waals surface area contributed by atoms with Crippen molar-refractivity contribution in [2.75, 3.05) is 14.2 Å². The Bertz CT molecular complexity index is 498. The molecule has 1 aromatic heterocycles. The van der Waals surface area contributed by atoms with Crippen LogP contribution in [0.1, 0.15) is 41.2 Å². The number of methoxy groups -OCH3 is 2. The van der Waals surface area contributed by atoms with Gasteiger partial charge >= 0.3 is 5.97 Å². The van der Waals surface area contributed by atoms with Crippen LogP contribution in [0.15, 0.2) is 6.07 Å². The van der Waals surface area contributed by atoms with Crippen LogP contribution in [0.4, 0.5) is 0 Å². The lowest BCUT2D eigenvalue weighted by Gasteiger charge is -2.14. The smallest absolute Gasteiger partial charge is 0.360 e. The number of carbonyl (C=O) groups is 2. The van der Waals surface area contributed by atoms with E-state index < -0.39 is 12.1 Å². The van der Waals surface area contributed by atoms with Gasteiger partial charge in [-0.1, -0.05) is 0 Å². The predicted molar refractivity (Wildman–Crippen MR) is 67.1 cm³/mol. The first-order valence-electron chi connectivity index (χ1n) is 5.72. The molecule has 1 heterocycles. The first kappa shape index (κ1) is 15.1. The van der Waals surface area contributed by atoms with E-state index >= 15 is 0 Å². The third-order valence-electron chi connectivity index (χ3n) is 2.58. The number of ether oxygens (including phenoxy) is 2. The van der Waals surface area contributed by atoms with E-state index in [4.69, 9.17) is 4.74 Å². The first-order chi connectivity index (χ1) is 8.90. The maximum atomic E-state index is 11.6. The van der Waals surface area contributed by atoms with Gasteiger partial charge in [-0.2, -0.15) is 0 Å². The van der Waals surface area contributed by atoms with Crippen molar-refractivity contribution in [1.82, 2.24) is 4.98 Å². The highest BCUT2D eigenvalue weighted by molar-refractivity contribution is 5.90. The van der Waals surface area contributed by atoms with Crippen molar-refractivity contribution in [2.24, 2.45) is 0 Å². The van der Waals surface area contributed by atoms with Crippen LogP contribution in [-0.2, 0) is 9.53 Å². The van der Waals surface area contributed by atoms with Gasteiger partial charge in [0.1, 0.15) is 11.9 Å². The summed E-state index contributed by atoms with van der Waals surface area (Å²) in [4.78, 5) is 26.7. The Morgan fingerprint density at radius 3 is 2.53 bits per heavy atom. The third-order valence-corrected chi connectivity index (χ3v) is 2.58. The van der Waals surface area contributed by atoms with Gasteiger partial charge in [0.25, 0.3) is 0 Å². The summed E-state index contributed by atoms with van der Waals surface area (Å²) in [6.07, 6.45) is -1.11. The minimum Gasteiger partial charge on any atom is -0.494 e. The van der Waals surface area contributed by atoms with Crippen molar-refractivity contribution in [2.45, 2.75) is 26.4 Å². The van der Waals surface area contributed by atoms with Gasteiger partial charge in [-0.05, 0) is 25.5 Å². The standard InChI is InChI=1S/C13H17NO5/c1-7-5-9(10(16)6-8(2)15)14-11(12(7)18-3)13(17)19-4/h5,10,16H,6H2,1-4H3. The van der Waals surface area contributed by atoms with Gasteiger partial charge in [0.05, 0.1) is 19.9 Å².